The smallest absolute Gasteiger partial charge is 0.165 e. The van der Waals surface area contributed by atoms with Crippen LogP contribution in [0.3, 0.4) is 0 Å². The van der Waals surface area contributed by atoms with E-state index in [1.165, 1.54) is 12.7 Å². The molecule has 1 atom stereocenters. The van der Waals surface area contributed by atoms with Gasteiger partial charge in [0.1, 0.15) is 5.75 Å². The lowest BCUT2D eigenvalue weighted by Crippen LogP contribution is -2.27. The Morgan fingerprint density at radius 1 is 0.914 bits per heavy atom. The Kier molecular flexibility index (Phi) is 14.2. The summed E-state index contributed by atoms with van der Waals surface area (Å²) in [6, 6.07) is 21.6. The van der Waals surface area contributed by atoms with Crippen LogP contribution in [0, 0.1) is 0 Å². The largest absolute Gasteiger partial charge is 0.497 e. The van der Waals surface area contributed by atoms with Crippen LogP contribution in [0.4, 0.5) is 11.4 Å². The van der Waals surface area contributed by atoms with Crippen molar-refractivity contribution in [2.75, 3.05) is 25.7 Å². The maximum atomic E-state index is 6.47. The van der Waals surface area contributed by atoms with Crippen LogP contribution in [0.5, 0.6) is 11.5 Å². The van der Waals surface area contributed by atoms with E-state index in [0.717, 1.165) is 34.3 Å². The van der Waals surface area contributed by atoms with Gasteiger partial charge in [-0.3, -0.25) is 4.99 Å². The molecule has 0 radical (unpaired) electrons. The Balaban J connectivity index is 0.00000145. The highest BCUT2D eigenvalue weighted by Crippen LogP contribution is 2.35. The van der Waals surface area contributed by atoms with E-state index in [4.69, 9.17) is 26.1 Å². The minimum atomic E-state index is 0.235. The summed E-state index contributed by atoms with van der Waals surface area (Å²) in [5, 5.41) is 0.739. The molecule has 0 saturated carbocycles. The highest BCUT2D eigenvalue weighted by molar-refractivity contribution is 6.31. The molecule has 0 aliphatic heterocycles. The molecule has 1 unspecified atom stereocenters. The lowest BCUT2D eigenvalue weighted by Gasteiger charge is -2.30. The summed E-state index contributed by atoms with van der Waals surface area (Å²) in [5.41, 5.74) is 3.98. The number of methoxy groups -OCH3 is 1. The second kappa shape index (κ2) is 16.6. The van der Waals surface area contributed by atoms with E-state index < -0.39 is 0 Å². The van der Waals surface area contributed by atoms with Crippen molar-refractivity contribution in [1.29, 1.82) is 0 Å². The lowest BCUT2D eigenvalue weighted by atomic mass is 9.99. The number of hydrogen-bond acceptors (Lipinski definition) is 5. The van der Waals surface area contributed by atoms with Crippen molar-refractivity contribution in [3.05, 3.63) is 82.9 Å². The first-order valence-electron chi connectivity index (χ1n) is 12.0. The number of hydrogen-bond donors (Lipinski definition) is 0. The molecule has 0 amide bonds. The Bertz CT molecular complexity index is 1010. The van der Waals surface area contributed by atoms with Gasteiger partial charge in [-0.2, -0.15) is 4.89 Å². The Hall–Kier alpha value is -3.02. The van der Waals surface area contributed by atoms with Crippen LogP contribution in [0.25, 0.3) is 0 Å². The van der Waals surface area contributed by atoms with Crippen LogP contribution in [0.15, 0.2) is 71.7 Å². The number of ether oxygens (including phenoxy) is 1. The molecular formula is C29H39ClN2O3. The number of rotatable bonds is 10. The highest BCUT2D eigenvalue weighted by Gasteiger charge is 2.18. The van der Waals surface area contributed by atoms with Crippen LogP contribution in [0.1, 0.15) is 51.7 Å². The molecule has 0 aliphatic rings. The van der Waals surface area contributed by atoms with Crippen molar-refractivity contribution in [2.45, 2.75) is 47.1 Å². The second-order valence-electron chi connectivity index (χ2n) is 7.20. The molecule has 0 aliphatic carbocycles. The van der Waals surface area contributed by atoms with Gasteiger partial charge in [0, 0.05) is 24.2 Å². The van der Waals surface area contributed by atoms with Crippen LogP contribution >= 0.6 is 11.6 Å². The third kappa shape index (κ3) is 8.93. The Labute approximate surface area is 216 Å². The third-order valence-electron chi connectivity index (χ3n) is 5.14. The van der Waals surface area contributed by atoms with E-state index in [1.807, 2.05) is 94.4 Å². The fourth-order valence-electron chi connectivity index (χ4n) is 3.49. The number of aliphatic imine (C=N–C) groups is 1. The maximum absolute atomic E-state index is 6.47. The van der Waals surface area contributed by atoms with Crippen LogP contribution < -0.4 is 14.5 Å². The standard InChI is InChI=1S/C25H27ClN2O3.2C2H6/c1-18(19-9-11-21(12-10-19)31-30-4)16-28(17-20-7-5-6-8-23(20)26)25-14-13-22(29-3)15-24(25)27-2;2*1-2/h5-15,18H,2,16-17H2,1,3-4H3;2*1-2H3. The Morgan fingerprint density at radius 2 is 1.54 bits per heavy atom. The van der Waals surface area contributed by atoms with E-state index in [9.17, 15) is 0 Å². The van der Waals surface area contributed by atoms with Gasteiger partial charge in [-0.05, 0) is 54.1 Å². The van der Waals surface area contributed by atoms with Crippen molar-refractivity contribution < 1.29 is 14.5 Å². The molecule has 0 saturated heterocycles. The summed E-state index contributed by atoms with van der Waals surface area (Å²) in [7, 11) is 3.13. The first-order valence-corrected chi connectivity index (χ1v) is 12.4. The molecule has 35 heavy (non-hydrogen) atoms. The van der Waals surface area contributed by atoms with Crippen LogP contribution in [-0.2, 0) is 11.4 Å². The van der Waals surface area contributed by atoms with E-state index >= 15 is 0 Å². The van der Waals surface area contributed by atoms with E-state index in [2.05, 4.69) is 23.5 Å². The monoisotopic (exact) mass is 498 g/mol. The number of nitrogens with zero attached hydrogens (tertiary/aromatic N) is 2. The van der Waals surface area contributed by atoms with E-state index in [0.29, 0.717) is 12.3 Å². The second-order valence-corrected chi connectivity index (χ2v) is 7.61. The predicted molar refractivity (Wildman–Crippen MR) is 150 cm³/mol. The first kappa shape index (κ1) is 30.0. The zero-order valence-electron chi connectivity index (χ0n) is 22.0. The molecule has 0 heterocycles. The molecule has 3 aromatic rings. The lowest BCUT2D eigenvalue weighted by molar-refractivity contribution is -0.178. The summed E-state index contributed by atoms with van der Waals surface area (Å²) in [6.07, 6.45) is 0. The summed E-state index contributed by atoms with van der Waals surface area (Å²) in [6.45, 7) is 15.3. The number of benzene rings is 3. The normalized spacial score (nSPS) is 10.6. The quantitative estimate of drug-likeness (QED) is 0.160. The van der Waals surface area contributed by atoms with Gasteiger partial charge in [0.05, 0.1) is 25.6 Å². The van der Waals surface area contributed by atoms with Gasteiger partial charge < -0.3 is 14.5 Å². The summed E-state index contributed by atoms with van der Waals surface area (Å²) in [4.78, 5) is 16.3. The minimum Gasteiger partial charge on any atom is -0.497 e. The zero-order valence-corrected chi connectivity index (χ0v) is 22.8. The fraction of sp³-hybridized carbons (Fsp3) is 0.345. The molecule has 0 spiro atoms. The maximum Gasteiger partial charge on any atom is 0.165 e. The molecule has 190 valence electrons. The van der Waals surface area contributed by atoms with E-state index in [-0.39, 0.29) is 5.92 Å². The van der Waals surface area contributed by atoms with Gasteiger partial charge in [0.15, 0.2) is 5.75 Å². The summed E-state index contributed by atoms with van der Waals surface area (Å²) < 4.78 is 5.36. The fourth-order valence-corrected chi connectivity index (χ4v) is 3.68. The molecular weight excluding hydrogens is 460 g/mol. The van der Waals surface area contributed by atoms with Crippen molar-refractivity contribution in [1.82, 2.24) is 0 Å². The van der Waals surface area contributed by atoms with Crippen molar-refractivity contribution in [3.8, 4) is 11.5 Å². The van der Waals surface area contributed by atoms with Gasteiger partial charge in [-0.15, -0.1) is 0 Å². The zero-order chi connectivity index (χ0) is 26.2. The SMILES string of the molecule is C=Nc1cc(OC)ccc1N(Cc1ccccc1Cl)CC(C)c1ccc(OOC)cc1.CC.CC. The minimum absolute atomic E-state index is 0.235. The first-order chi connectivity index (χ1) is 17.0. The van der Waals surface area contributed by atoms with Gasteiger partial charge in [0.2, 0.25) is 0 Å². The van der Waals surface area contributed by atoms with E-state index in [1.54, 1.807) is 7.11 Å². The predicted octanol–water partition coefficient (Wildman–Crippen LogP) is 8.48. The number of anilines is 1. The summed E-state index contributed by atoms with van der Waals surface area (Å²) >= 11 is 6.47. The van der Waals surface area contributed by atoms with Gasteiger partial charge in [0.25, 0.3) is 0 Å². The molecule has 0 aromatic heterocycles. The molecule has 5 nitrogen and oxygen atoms in total. The molecule has 3 rings (SSSR count). The molecule has 0 fully saturated rings. The number of halogens is 1. The molecule has 3 aromatic carbocycles. The van der Waals surface area contributed by atoms with Gasteiger partial charge in [-0.25, -0.2) is 0 Å². The van der Waals surface area contributed by atoms with Gasteiger partial charge in [-0.1, -0.05) is 76.6 Å². The highest BCUT2D eigenvalue weighted by atomic mass is 35.5. The Morgan fingerprint density at radius 3 is 2.11 bits per heavy atom. The van der Waals surface area contributed by atoms with Crippen molar-refractivity contribution >= 4 is 29.7 Å². The average molecular weight is 499 g/mol. The molecule has 6 heteroatoms. The van der Waals surface area contributed by atoms with Crippen LogP contribution in [0.2, 0.25) is 5.02 Å². The van der Waals surface area contributed by atoms with Crippen LogP contribution in [-0.4, -0.2) is 27.5 Å². The van der Waals surface area contributed by atoms with Crippen molar-refractivity contribution in [3.63, 3.8) is 0 Å². The molecule has 0 N–H and O–H groups in total. The molecule has 0 bridgehead atoms. The van der Waals surface area contributed by atoms with Gasteiger partial charge >= 0.3 is 0 Å². The topological polar surface area (TPSA) is 43.3 Å². The van der Waals surface area contributed by atoms with Crippen molar-refractivity contribution in [2.24, 2.45) is 4.99 Å². The average Bonchev–Trinajstić information content (AvgIpc) is 2.92. The summed E-state index contributed by atoms with van der Waals surface area (Å²) in [5.74, 6) is 1.64. The third-order valence-corrected chi connectivity index (χ3v) is 5.50.